The lowest BCUT2D eigenvalue weighted by molar-refractivity contribution is 0.0691. The largest absolute Gasteiger partial charge is 0.496 e. The van der Waals surface area contributed by atoms with Gasteiger partial charge in [0.2, 0.25) is 0 Å². The van der Waals surface area contributed by atoms with Crippen LogP contribution < -0.4 is 4.74 Å². The van der Waals surface area contributed by atoms with Crippen molar-refractivity contribution in [1.29, 1.82) is 0 Å². The Labute approximate surface area is 106 Å². The van der Waals surface area contributed by atoms with Crippen LogP contribution in [0.3, 0.4) is 0 Å². The van der Waals surface area contributed by atoms with Gasteiger partial charge in [-0.15, -0.1) is 0 Å². The number of carboxylic acids is 1. The van der Waals surface area contributed by atoms with E-state index in [9.17, 15) is 9.90 Å². The summed E-state index contributed by atoms with van der Waals surface area (Å²) in [5.74, 6) is 0.0780. The molecule has 0 aliphatic rings. The number of ether oxygens (including phenoxy) is 1. The summed E-state index contributed by atoms with van der Waals surface area (Å²) in [4.78, 5) is 14.2. The number of carbonyl (C=O) groups is 1. The second kappa shape index (κ2) is 4.37. The van der Waals surface area contributed by atoms with E-state index in [-0.39, 0.29) is 5.69 Å². The van der Waals surface area contributed by atoms with Crippen LogP contribution in [0.2, 0.25) is 0 Å². The third kappa shape index (κ3) is 1.74. The lowest BCUT2D eigenvalue weighted by atomic mass is 9.99. The number of H-pyrrole nitrogens is 1. The van der Waals surface area contributed by atoms with Crippen LogP contribution >= 0.6 is 0 Å². The lowest BCUT2D eigenvalue weighted by Gasteiger charge is -2.10. The van der Waals surface area contributed by atoms with Crippen molar-refractivity contribution in [2.24, 2.45) is 0 Å². The summed E-state index contributed by atoms with van der Waals surface area (Å²) in [6.45, 7) is 5.96. The van der Waals surface area contributed by atoms with Gasteiger partial charge in [0.1, 0.15) is 11.4 Å². The molecular weight excluding hydrogens is 230 g/mol. The Morgan fingerprint density at radius 3 is 2.56 bits per heavy atom. The van der Waals surface area contributed by atoms with E-state index in [0.717, 1.165) is 22.0 Å². The number of aromatic carboxylic acids is 1. The van der Waals surface area contributed by atoms with Gasteiger partial charge in [-0.2, -0.15) is 0 Å². The van der Waals surface area contributed by atoms with Gasteiger partial charge in [-0.25, -0.2) is 4.79 Å². The minimum atomic E-state index is -0.944. The van der Waals surface area contributed by atoms with Crippen LogP contribution in [0.4, 0.5) is 0 Å². The molecule has 0 radical (unpaired) electrons. The van der Waals surface area contributed by atoms with Crippen molar-refractivity contribution in [3.63, 3.8) is 0 Å². The predicted octanol–water partition coefficient (Wildman–Crippen LogP) is 3.31. The van der Waals surface area contributed by atoms with E-state index in [1.807, 2.05) is 12.1 Å². The topological polar surface area (TPSA) is 62.3 Å². The first-order chi connectivity index (χ1) is 8.47. The number of aromatic nitrogens is 1. The monoisotopic (exact) mass is 247 g/mol. The van der Waals surface area contributed by atoms with E-state index < -0.39 is 5.97 Å². The summed E-state index contributed by atoms with van der Waals surface area (Å²) < 4.78 is 5.32. The molecule has 1 aromatic heterocycles. The van der Waals surface area contributed by atoms with Crippen molar-refractivity contribution in [3.05, 3.63) is 29.0 Å². The zero-order valence-corrected chi connectivity index (χ0v) is 11.0. The van der Waals surface area contributed by atoms with Crippen molar-refractivity contribution in [3.8, 4) is 5.75 Å². The first kappa shape index (κ1) is 12.5. The number of aryl methyl sites for hydroxylation is 1. The summed E-state index contributed by atoms with van der Waals surface area (Å²) in [6, 6.07) is 3.87. The summed E-state index contributed by atoms with van der Waals surface area (Å²) in [5, 5.41) is 10.0. The van der Waals surface area contributed by atoms with Gasteiger partial charge in [-0.3, -0.25) is 0 Å². The smallest absolute Gasteiger partial charge is 0.352 e. The zero-order valence-electron chi connectivity index (χ0n) is 11.0. The molecule has 0 aliphatic carbocycles. The number of rotatable bonds is 3. The average molecular weight is 247 g/mol. The Hall–Kier alpha value is -1.97. The number of hydrogen-bond acceptors (Lipinski definition) is 2. The highest BCUT2D eigenvalue weighted by Gasteiger charge is 2.19. The number of aromatic amines is 1. The molecule has 2 rings (SSSR count). The molecule has 0 unspecified atom stereocenters. The van der Waals surface area contributed by atoms with Crippen molar-refractivity contribution in [1.82, 2.24) is 4.98 Å². The van der Waals surface area contributed by atoms with E-state index >= 15 is 0 Å². The fourth-order valence-corrected chi connectivity index (χ4v) is 2.32. The molecule has 4 nitrogen and oxygen atoms in total. The molecule has 0 saturated carbocycles. The number of carboxylic acid groups (broad SMARTS) is 1. The van der Waals surface area contributed by atoms with E-state index in [4.69, 9.17) is 4.74 Å². The number of hydrogen-bond donors (Lipinski definition) is 2. The van der Waals surface area contributed by atoms with Crippen molar-refractivity contribution >= 4 is 16.9 Å². The van der Waals surface area contributed by atoms with Crippen LogP contribution in [-0.2, 0) is 0 Å². The number of nitrogens with one attached hydrogen (secondary N) is 1. The standard InChI is InChI=1S/C14H17NO3/c1-7(2)9-5-6-10(18-4)11-8(3)12(14(16)17)15-13(9)11/h5-7,15H,1-4H3,(H,16,17). The van der Waals surface area contributed by atoms with Crippen LogP contribution in [0.15, 0.2) is 12.1 Å². The normalized spacial score (nSPS) is 11.2. The average Bonchev–Trinajstić information content (AvgIpc) is 2.66. The van der Waals surface area contributed by atoms with Gasteiger partial charge in [0.05, 0.1) is 12.6 Å². The van der Waals surface area contributed by atoms with Crippen LogP contribution in [0.1, 0.15) is 41.4 Å². The van der Waals surface area contributed by atoms with E-state index in [1.54, 1.807) is 14.0 Å². The Morgan fingerprint density at radius 2 is 2.06 bits per heavy atom. The molecule has 0 spiro atoms. The maximum absolute atomic E-state index is 11.2. The van der Waals surface area contributed by atoms with Gasteiger partial charge >= 0.3 is 5.97 Å². The molecule has 0 amide bonds. The summed E-state index contributed by atoms with van der Waals surface area (Å²) in [7, 11) is 1.59. The minimum absolute atomic E-state index is 0.233. The molecule has 0 atom stereocenters. The third-order valence-corrected chi connectivity index (χ3v) is 3.26. The molecular formula is C14H17NO3. The number of fused-ring (bicyclic) bond motifs is 1. The first-order valence-electron chi connectivity index (χ1n) is 5.89. The van der Waals surface area contributed by atoms with Crippen molar-refractivity contribution in [2.75, 3.05) is 7.11 Å². The minimum Gasteiger partial charge on any atom is -0.496 e. The van der Waals surface area contributed by atoms with Gasteiger partial charge in [-0.05, 0) is 30.0 Å². The zero-order chi connectivity index (χ0) is 13.4. The van der Waals surface area contributed by atoms with Gasteiger partial charge in [0.25, 0.3) is 0 Å². The molecule has 2 aromatic rings. The van der Waals surface area contributed by atoms with Crippen LogP contribution in [0.5, 0.6) is 5.75 Å². The summed E-state index contributed by atoms with van der Waals surface area (Å²) >= 11 is 0. The molecule has 1 heterocycles. The highest BCUT2D eigenvalue weighted by atomic mass is 16.5. The summed E-state index contributed by atoms with van der Waals surface area (Å²) in [5.41, 5.74) is 2.91. The Balaban J connectivity index is 2.88. The van der Waals surface area contributed by atoms with Crippen molar-refractivity contribution in [2.45, 2.75) is 26.7 Å². The van der Waals surface area contributed by atoms with Gasteiger partial charge in [-0.1, -0.05) is 19.9 Å². The quantitative estimate of drug-likeness (QED) is 0.874. The van der Waals surface area contributed by atoms with E-state index in [0.29, 0.717) is 11.7 Å². The molecule has 0 aliphatic heterocycles. The molecule has 0 saturated heterocycles. The van der Waals surface area contributed by atoms with Crippen molar-refractivity contribution < 1.29 is 14.6 Å². The van der Waals surface area contributed by atoms with Crippen LogP contribution in [0, 0.1) is 6.92 Å². The Bertz CT molecular complexity index is 611. The van der Waals surface area contributed by atoms with Gasteiger partial charge < -0.3 is 14.8 Å². The molecule has 0 fully saturated rings. The predicted molar refractivity (Wildman–Crippen MR) is 70.6 cm³/mol. The fraction of sp³-hybridized carbons (Fsp3) is 0.357. The second-order valence-electron chi connectivity index (χ2n) is 4.69. The second-order valence-corrected chi connectivity index (χ2v) is 4.69. The fourth-order valence-electron chi connectivity index (χ4n) is 2.32. The third-order valence-electron chi connectivity index (χ3n) is 3.26. The molecule has 2 N–H and O–H groups in total. The Morgan fingerprint density at radius 1 is 1.39 bits per heavy atom. The van der Waals surface area contributed by atoms with E-state index in [1.165, 1.54) is 0 Å². The molecule has 4 heteroatoms. The first-order valence-corrected chi connectivity index (χ1v) is 5.89. The number of methoxy groups -OCH3 is 1. The molecule has 0 bridgehead atoms. The SMILES string of the molecule is COc1ccc(C(C)C)c2[nH]c(C(=O)O)c(C)c12. The van der Waals surface area contributed by atoms with Gasteiger partial charge in [0, 0.05) is 5.39 Å². The maximum atomic E-state index is 11.2. The van der Waals surface area contributed by atoms with Gasteiger partial charge in [0.15, 0.2) is 0 Å². The highest BCUT2D eigenvalue weighted by Crippen LogP contribution is 2.35. The van der Waals surface area contributed by atoms with Crippen LogP contribution in [-0.4, -0.2) is 23.2 Å². The maximum Gasteiger partial charge on any atom is 0.352 e. The van der Waals surface area contributed by atoms with E-state index in [2.05, 4.69) is 18.8 Å². The molecule has 18 heavy (non-hydrogen) atoms. The molecule has 96 valence electrons. The highest BCUT2D eigenvalue weighted by molar-refractivity contribution is 6.01. The summed E-state index contributed by atoms with van der Waals surface area (Å²) in [6.07, 6.45) is 0. The lowest BCUT2D eigenvalue weighted by Crippen LogP contribution is -1.98. The molecule has 1 aromatic carbocycles. The Kier molecular flexibility index (Phi) is 3.03. The van der Waals surface area contributed by atoms with Crippen LogP contribution in [0.25, 0.3) is 10.9 Å². The number of benzene rings is 1.